The maximum Gasteiger partial charge on any atom is 0.314 e. The van der Waals surface area contributed by atoms with Crippen molar-refractivity contribution in [3.05, 3.63) is 29.3 Å². The minimum atomic E-state index is -0.317. The Morgan fingerprint density at radius 3 is 2.55 bits per heavy atom. The molecule has 0 atom stereocenters. The number of esters is 1. The zero-order valence-electron chi connectivity index (χ0n) is 16.7. The van der Waals surface area contributed by atoms with Gasteiger partial charge in [-0.25, -0.2) is 0 Å². The summed E-state index contributed by atoms with van der Waals surface area (Å²) < 4.78 is 16.2. The van der Waals surface area contributed by atoms with Gasteiger partial charge in [0.25, 0.3) is 5.91 Å². The molecule has 0 radical (unpaired) electrons. The van der Waals surface area contributed by atoms with Crippen molar-refractivity contribution in [2.24, 2.45) is 5.92 Å². The molecule has 154 valence electrons. The molecule has 3 rings (SSSR count). The molecule has 0 spiro atoms. The molecule has 7 heteroatoms. The van der Waals surface area contributed by atoms with Crippen LogP contribution in [0.1, 0.15) is 37.7 Å². The van der Waals surface area contributed by atoms with Gasteiger partial charge >= 0.3 is 5.97 Å². The fraction of sp³-hybridized carbons (Fsp3) is 0.500. The Morgan fingerprint density at radius 1 is 1.17 bits per heavy atom. The highest BCUT2D eigenvalue weighted by Gasteiger charge is 2.24. The first kappa shape index (κ1) is 20.9. The Bertz CT molecular complexity index is 815. The minimum Gasteiger partial charge on any atom is -0.493 e. The van der Waals surface area contributed by atoms with Crippen molar-refractivity contribution in [1.82, 2.24) is 4.90 Å². The van der Waals surface area contributed by atoms with Gasteiger partial charge in [0.05, 0.1) is 26.2 Å². The molecule has 0 N–H and O–H groups in total. The predicted octanol–water partition coefficient (Wildman–Crippen LogP) is 2.95. The van der Waals surface area contributed by atoms with E-state index in [0.29, 0.717) is 43.4 Å². The highest BCUT2D eigenvalue weighted by molar-refractivity contribution is 6.01. The van der Waals surface area contributed by atoms with Gasteiger partial charge in [0.2, 0.25) is 0 Å². The average Bonchev–Trinajstić information content (AvgIpc) is 2.78. The van der Waals surface area contributed by atoms with Gasteiger partial charge in [-0.15, -0.1) is 0 Å². The molecular weight excluding hydrogens is 372 g/mol. The number of ether oxygens (including phenoxy) is 3. The second-order valence-electron chi connectivity index (χ2n) is 7.24. The van der Waals surface area contributed by atoms with Gasteiger partial charge in [0.1, 0.15) is 11.6 Å². The van der Waals surface area contributed by atoms with Crippen molar-refractivity contribution < 1.29 is 23.8 Å². The number of amides is 1. The summed E-state index contributed by atoms with van der Waals surface area (Å²) in [7, 11) is 1.49. The lowest BCUT2D eigenvalue weighted by atomic mass is 9.89. The van der Waals surface area contributed by atoms with E-state index >= 15 is 0 Å². The van der Waals surface area contributed by atoms with Crippen molar-refractivity contribution in [3.8, 4) is 17.6 Å². The Hall–Kier alpha value is -2.85. The van der Waals surface area contributed by atoms with E-state index in [1.54, 1.807) is 23.1 Å². The number of hydrogen-bond donors (Lipinski definition) is 0. The molecule has 1 saturated heterocycles. The number of morpholine rings is 1. The predicted molar refractivity (Wildman–Crippen MR) is 106 cm³/mol. The molecule has 7 nitrogen and oxygen atoms in total. The number of hydrogen-bond acceptors (Lipinski definition) is 6. The first-order valence-electron chi connectivity index (χ1n) is 10.0. The van der Waals surface area contributed by atoms with Crippen LogP contribution in [0.15, 0.2) is 23.8 Å². The standard InChI is InChI=1S/C22H26N2O5/c1-27-20-14-16(13-18(15-23)21(25)24-9-11-28-12-10-24)7-8-19(20)29-22(26)17-5-3-2-4-6-17/h7-8,13-14,17H,2-6,9-12H2,1H3/b18-13+. The van der Waals surface area contributed by atoms with E-state index in [-0.39, 0.29) is 23.4 Å². The Morgan fingerprint density at radius 2 is 1.90 bits per heavy atom. The molecule has 0 bridgehead atoms. The fourth-order valence-electron chi connectivity index (χ4n) is 3.63. The van der Waals surface area contributed by atoms with Gasteiger partial charge in [-0.3, -0.25) is 9.59 Å². The largest absolute Gasteiger partial charge is 0.493 e. The van der Waals surface area contributed by atoms with E-state index in [0.717, 1.165) is 25.7 Å². The Balaban J connectivity index is 1.74. The van der Waals surface area contributed by atoms with Crippen LogP contribution in [0.5, 0.6) is 11.5 Å². The number of benzene rings is 1. The van der Waals surface area contributed by atoms with Gasteiger partial charge in [-0.2, -0.15) is 5.26 Å². The van der Waals surface area contributed by atoms with Crippen LogP contribution in [-0.2, 0) is 14.3 Å². The third-order valence-corrected chi connectivity index (χ3v) is 5.30. The van der Waals surface area contributed by atoms with E-state index in [2.05, 4.69) is 0 Å². The van der Waals surface area contributed by atoms with Gasteiger partial charge in [0.15, 0.2) is 11.5 Å². The summed E-state index contributed by atoms with van der Waals surface area (Å²) in [5, 5.41) is 9.44. The number of methoxy groups -OCH3 is 1. The van der Waals surface area contributed by atoms with E-state index < -0.39 is 0 Å². The second-order valence-corrected chi connectivity index (χ2v) is 7.24. The molecular formula is C22H26N2O5. The van der Waals surface area contributed by atoms with Gasteiger partial charge in [0, 0.05) is 13.1 Å². The fourth-order valence-corrected chi connectivity index (χ4v) is 3.63. The smallest absolute Gasteiger partial charge is 0.314 e. The summed E-state index contributed by atoms with van der Waals surface area (Å²) in [6.45, 7) is 1.88. The second kappa shape index (κ2) is 10.1. The summed E-state index contributed by atoms with van der Waals surface area (Å²) in [5.74, 6) is 0.121. The lowest BCUT2D eigenvalue weighted by Gasteiger charge is -2.26. The lowest BCUT2D eigenvalue weighted by molar-refractivity contribution is -0.140. The van der Waals surface area contributed by atoms with E-state index in [4.69, 9.17) is 14.2 Å². The highest BCUT2D eigenvalue weighted by Crippen LogP contribution is 2.32. The van der Waals surface area contributed by atoms with Crippen LogP contribution in [0, 0.1) is 17.2 Å². The molecule has 0 unspecified atom stereocenters. The molecule has 1 amide bonds. The first-order valence-corrected chi connectivity index (χ1v) is 10.0. The van der Waals surface area contributed by atoms with Gasteiger partial charge < -0.3 is 19.1 Å². The number of carbonyl (C=O) groups excluding carboxylic acids is 2. The van der Waals surface area contributed by atoms with Gasteiger partial charge in [-0.1, -0.05) is 25.3 Å². The van der Waals surface area contributed by atoms with Crippen LogP contribution in [0.3, 0.4) is 0 Å². The quantitative estimate of drug-likeness (QED) is 0.328. The molecule has 29 heavy (non-hydrogen) atoms. The summed E-state index contributed by atoms with van der Waals surface area (Å²) >= 11 is 0. The molecule has 2 aliphatic rings. The number of rotatable bonds is 5. The van der Waals surface area contributed by atoms with E-state index in [1.165, 1.54) is 19.6 Å². The number of nitrogens with zero attached hydrogens (tertiary/aromatic N) is 2. The van der Waals surface area contributed by atoms with Crippen LogP contribution in [0.4, 0.5) is 0 Å². The highest BCUT2D eigenvalue weighted by atomic mass is 16.6. The summed E-state index contributed by atoms with van der Waals surface area (Å²) in [6, 6.07) is 6.98. The number of carbonyl (C=O) groups is 2. The van der Waals surface area contributed by atoms with E-state index in [9.17, 15) is 14.9 Å². The molecule has 1 aromatic rings. The topological polar surface area (TPSA) is 88.9 Å². The molecule has 1 saturated carbocycles. The number of nitriles is 1. The molecule has 1 heterocycles. The SMILES string of the molecule is COc1cc(/C=C(\C#N)C(=O)N2CCOCC2)ccc1OC(=O)C1CCCCC1. The van der Waals surface area contributed by atoms with Crippen LogP contribution in [0.2, 0.25) is 0 Å². The third-order valence-electron chi connectivity index (χ3n) is 5.30. The summed E-state index contributed by atoms with van der Waals surface area (Å²) in [6.07, 6.45) is 6.50. The van der Waals surface area contributed by atoms with Crippen molar-refractivity contribution in [2.75, 3.05) is 33.4 Å². The summed E-state index contributed by atoms with van der Waals surface area (Å²) in [4.78, 5) is 26.6. The first-order chi connectivity index (χ1) is 14.1. The molecule has 1 aromatic carbocycles. The average molecular weight is 398 g/mol. The van der Waals surface area contributed by atoms with Crippen LogP contribution in [-0.4, -0.2) is 50.2 Å². The van der Waals surface area contributed by atoms with E-state index in [1.807, 2.05) is 6.07 Å². The minimum absolute atomic E-state index is 0.0425. The summed E-state index contributed by atoms with van der Waals surface area (Å²) in [5.41, 5.74) is 0.665. The molecule has 0 aromatic heterocycles. The maximum atomic E-state index is 12.6. The Kier molecular flexibility index (Phi) is 7.25. The van der Waals surface area contributed by atoms with Crippen LogP contribution >= 0.6 is 0 Å². The van der Waals surface area contributed by atoms with Crippen molar-refractivity contribution >= 4 is 18.0 Å². The molecule has 1 aliphatic carbocycles. The van der Waals surface area contributed by atoms with Crippen LogP contribution in [0.25, 0.3) is 6.08 Å². The molecule has 2 fully saturated rings. The Labute approximate surface area is 170 Å². The normalized spacial score (nSPS) is 18.1. The molecule has 1 aliphatic heterocycles. The van der Waals surface area contributed by atoms with Crippen LogP contribution < -0.4 is 9.47 Å². The van der Waals surface area contributed by atoms with Crippen molar-refractivity contribution in [3.63, 3.8) is 0 Å². The monoisotopic (exact) mass is 398 g/mol. The third kappa shape index (κ3) is 5.36. The zero-order chi connectivity index (χ0) is 20.6. The van der Waals surface area contributed by atoms with Gasteiger partial charge in [-0.05, 0) is 36.6 Å². The van der Waals surface area contributed by atoms with Crippen molar-refractivity contribution in [1.29, 1.82) is 5.26 Å². The van der Waals surface area contributed by atoms with Crippen molar-refractivity contribution in [2.45, 2.75) is 32.1 Å². The zero-order valence-corrected chi connectivity index (χ0v) is 16.7. The lowest BCUT2D eigenvalue weighted by Crippen LogP contribution is -2.41. The maximum absolute atomic E-state index is 12.6.